The van der Waals surface area contributed by atoms with Gasteiger partial charge in [-0.3, -0.25) is 9.36 Å². The van der Waals surface area contributed by atoms with E-state index in [9.17, 15) is 4.79 Å². The molecule has 0 aliphatic carbocycles. The van der Waals surface area contributed by atoms with Crippen molar-refractivity contribution in [2.75, 3.05) is 5.75 Å². The number of ketones is 1. The second-order valence-electron chi connectivity index (χ2n) is 5.65. The summed E-state index contributed by atoms with van der Waals surface area (Å²) < 4.78 is 1.99. The topological polar surface area (TPSA) is 47.8 Å². The summed E-state index contributed by atoms with van der Waals surface area (Å²) in [5, 5.41) is 9.32. The number of carbonyl (C=O) groups is 1. The molecule has 3 rings (SSSR count). The maximum atomic E-state index is 12.3. The first-order valence-electron chi connectivity index (χ1n) is 8.01. The molecule has 0 saturated carbocycles. The van der Waals surface area contributed by atoms with Crippen molar-refractivity contribution in [3.63, 3.8) is 0 Å². The molecule has 0 aliphatic rings. The first kappa shape index (κ1) is 17.2. The molecule has 5 heteroatoms. The Morgan fingerprint density at radius 1 is 1.12 bits per heavy atom. The third kappa shape index (κ3) is 4.06. The Kier molecular flexibility index (Phi) is 5.46. The first-order valence-corrected chi connectivity index (χ1v) is 9.00. The molecule has 0 fully saturated rings. The van der Waals surface area contributed by atoms with Crippen molar-refractivity contribution in [1.82, 2.24) is 14.8 Å². The Morgan fingerprint density at radius 2 is 1.84 bits per heavy atom. The molecule has 0 bridgehead atoms. The van der Waals surface area contributed by atoms with E-state index in [-0.39, 0.29) is 5.78 Å². The molecule has 0 saturated heterocycles. The van der Waals surface area contributed by atoms with E-state index in [0.29, 0.717) is 17.9 Å². The number of aryl methyl sites for hydroxylation is 1. The van der Waals surface area contributed by atoms with Crippen LogP contribution in [0.5, 0.6) is 0 Å². The van der Waals surface area contributed by atoms with E-state index in [4.69, 9.17) is 0 Å². The molecular formula is C20H19N3OS. The molecule has 0 N–H and O–H groups in total. The Hall–Kier alpha value is -2.66. The Morgan fingerprint density at radius 3 is 2.52 bits per heavy atom. The van der Waals surface area contributed by atoms with Gasteiger partial charge in [-0.05, 0) is 6.92 Å². The summed E-state index contributed by atoms with van der Waals surface area (Å²) in [6.07, 6.45) is 1.81. The Labute approximate surface area is 151 Å². The fourth-order valence-corrected chi connectivity index (χ4v) is 3.29. The monoisotopic (exact) mass is 349 g/mol. The lowest BCUT2D eigenvalue weighted by molar-refractivity contribution is 0.102. The first-order chi connectivity index (χ1) is 12.2. The van der Waals surface area contributed by atoms with Crippen LogP contribution in [-0.2, 0) is 6.54 Å². The number of rotatable bonds is 7. The average molecular weight is 349 g/mol. The van der Waals surface area contributed by atoms with Gasteiger partial charge in [0.25, 0.3) is 0 Å². The lowest BCUT2D eigenvalue weighted by atomic mass is 10.1. The van der Waals surface area contributed by atoms with E-state index in [1.807, 2.05) is 65.2 Å². The lowest BCUT2D eigenvalue weighted by Crippen LogP contribution is -2.05. The highest BCUT2D eigenvalue weighted by atomic mass is 32.2. The highest BCUT2D eigenvalue weighted by Crippen LogP contribution is 2.25. The van der Waals surface area contributed by atoms with Crippen LogP contribution in [0, 0.1) is 6.92 Å². The van der Waals surface area contributed by atoms with Crippen molar-refractivity contribution in [2.45, 2.75) is 18.6 Å². The quantitative estimate of drug-likeness (QED) is 0.360. The molecule has 0 spiro atoms. The summed E-state index contributed by atoms with van der Waals surface area (Å²) in [6.45, 7) is 6.46. The molecule has 0 aliphatic heterocycles. The van der Waals surface area contributed by atoms with Crippen molar-refractivity contribution < 1.29 is 4.79 Å². The van der Waals surface area contributed by atoms with Crippen LogP contribution < -0.4 is 0 Å². The molecule has 126 valence electrons. The van der Waals surface area contributed by atoms with E-state index in [0.717, 1.165) is 16.5 Å². The number of hydrogen-bond acceptors (Lipinski definition) is 4. The molecule has 1 aromatic heterocycles. The van der Waals surface area contributed by atoms with Crippen LogP contribution in [0.15, 0.2) is 72.4 Å². The van der Waals surface area contributed by atoms with Crippen LogP contribution in [0.1, 0.15) is 15.9 Å². The molecule has 3 aromatic rings. The van der Waals surface area contributed by atoms with E-state index in [1.165, 1.54) is 17.3 Å². The van der Waals surface area contributed by atoms with Gasteiger partial charge in [0, 0.05) is 17.7 Å². The molecular weight excluding hydrogens is 330 g/mol. The minimum atomic E-state index is 0.0793. The second-order valence-corrected chi connectivity index (χ2v) is 6.59. The number of aromatic nitrogens is 3. The van der Waals surface area contributed by atoms with Crippen molar-refractivity contribution in [1.29, 1.82) is 0 Å². The third-order valence-corrected chi connectivity index (χ3v) is 4.73. The summed E-state index contributed by atoms with van der Waals surface area (Å²) in [4.78, 5) is 12.3. The van der Waals surface area contributed by atoms with Gasteiger partial charge in [0.15, 0.2) is 16.8 Å². The largest absolute Gasteiger partial charge is 0.298 e. The van der Waals surface area contributed by atoms with Gasteiger partial charge in [0.1, 0.15) is 0 Å². The summed E-state index contributed by atoms with van der Waals surface area (Å²) >= 11 is 1.40. The number of Topliss-reactive ketones (excluding diaryl/α,β-unsaturated/α-hetero) is 1. The summed E-state index contributed by atoms with van der Waals surface area (Å²) in [5.41, 5.74) is 2.91. The van der Waals surface area contributed by atoms with E-state index >= 15 is 0 Å². The van der Waals surface area contributed by atoms with Gasteiger partial charge in [-0.15, -0.1) is 16.8 Å². The van der Waals surface area contributed by atoms with Crippen LogP contribution in [-0.4, -0.2) is 26.3 Å². The lowest BCUT2D eigenvalue weighted by Gasteiger charge is -2.08. The fourth-order valence-electron chi connectivity index (χ4n) is 2.44. The highest BCUT2D eigenvalue weighted by molar-refractivity contribution is 7.99. The Bertz CT molecular complexity index is 870. The van der Waals surface area contributed by atoms with Gasteiger partial charge in [0.2, 0.25) is 0 Å². The van der Waals surface area contributed by atoms with Crippen LogP contribution in [0.4, 0.5) is 0 Å². The number of thioether (sulfide) groups is 1. The molecule has 0 radical (unpaired) electrons. The summed E-state index contributed by atoms with van der Waals surface area (Å²) in [7, 11) is 0. The minimum Gasteiger partial charge on any atom is -0.298 e. The standard InChI is InChI=1S/C20H19N3OS/c1-3-13-23-19(17-11-9-15(2)10-12-17)21-22-20(23)25-14-18(24)16-7-5-4-6-8-16/h3-12H,1,13-14H2,2H3. The maximum Gasteiger partial charge on any atom is 0.192 e. The molecule has 0 unspecified atom stereocenters. The van der Waals surface area contributed by atoms with Crippen LogP contribution in [0.25, 0.3) is 11.4 Å². The van der Waals surface area contributed by atoms with Crippen molar-refractivity contribution in [3.8, 4) is 11.4 Å². The zero-order chi connectivity index (χ0) is 17.6. The second kappa shape index (κ2) is 7.94. The van der Waals surface area contributed by atoms with E-state index in [1.54, 1.807) is 0 Å². The number of carbonyl (C=O) groups excluding carboxylic acids is 1. The van der Waals surface area contributed by atoms with Gasteiger partial charge in [-0.1, -0.05) is 78.0 Å². The normalized spacial score (nSPS) is 10.6. The predicted octanol–water partition coefficient (Wildman–Crippen LogP) is 4.41. The Balaban J connectivity index is 1.81. The predicted molar refractivity (Wildman–Crippen MR) is 102 cm³/mol. The summed E-state index contributed by atoms with van der Waals surface area (Å²) in [6, 6.07) is 17.5. The van der Waals surface area contributed by atoms with Crippen LogP contribution in [0.2, 0.25) is 0 Å². The van der Waals surface area contributed by atoms with Gasteiger partial charge in [-0.25, -0.2) is 0 Å². The third-order valence-electron chi connectivity index (χ3n) is 3.77. The average Bonchev–Trinajstić information content (AvgIpc) is 3.04. The van der Waals surface area contributed by atoms with Crippen LogP contribution in [0.3, 0.4) is 0 Å². The van der Waals surface area contributed by atoms with Gasteiger partial charge < -0.3 is 0 Å². The molecule has 0 atom stereocenters. The van der Waals surface area contributed by atoms with Crippen LogP contribution >= 0.6 is 11.8 Å². The zero-order valence-corrected chi connectivity index (χ0v) is 14.9. The number of hydrogen-bond donors (Lipinski definition) is 0. The van der Waals surface area contributed by atoms with E-state index in [2.05, 4.69) is 23.7 Å². The number of allylic oxidation sites excluding steroid dienone is 1. The molecule has 1 heterocycles. The summed E-state index contributed by atoms with van der Waals surface area (Å²) in [5.74, 6) is 1.19. The zero-order valence-electron chi connectivity index (χ0n) is 14.1. The maximum absolute atomic E-state index is 12.3. The van der Waals surface area contributed by atoms with Gasteiger partial charge in [-0.2, -0.15) is 0 Å². The molecule has 0 amide bonds. The SMILES string of the molecule is C=CCn1c(SCC(=O)c2ccccc2)nnc1-c1ccc(C)cc1. The number of nitrogens with zero attached hydrogens (tertiary/aromatic N) is 3. The van der Waals surface area contributed by atoms with Gasteiger partial charge >= 0.3 is 0 Å². The van der Waals surface area contributed by atoms with Crippen molar-refractivity contribution in [3.05, 3.63) is 78.4 Å². The molecule has 2 aromatic carbocycles. The molecule has 25 heavy (non-hydrogen) atoms. The molecule has 4 nitrogen and oxygen atoms in total. The number of benzene rings is 2. The smallest absolute Gasteiger partial charge is 0.192 e. The van der Waals surface area contributed by atoms with E-state index < -0.39 is 0 Å². The van der Waals surface area contributed by atoms with Crippen molar-refractivity contribution >= 4 is 17.5 Å². The minimum absolute atomic E-state index is 0.0793. The fraction of sp³-hybridized carbons (Fsp3) is 0.150. The highest BCUT2D eigenvalue weighted by Gasteiger charge is 2.15. The van der Waals surface area contributed by atoms with Gasteiger partial charge in [0.05, 0.1) is 5.75 Å². The van der Waals surface area contributed by atoms with Crippen molar-refractivity contribution in [2.24, 2.45) is 0 Å².